The molecule has 0 aliphatic carbocycles. The van der Waals surface area contributed by atoms with Crippen LogP contribution < -0.4 is 14.8 Å². The summed E-state index contributed by atoms with van der Waals surface area (Å²) in [4.78, 5) is 24.1. The second-order valence-corrected chi connectivity index (χ2v) is 8.14. The minimum Gasteiger partial charge on any atom is -0.497 e. The molecular formula is C22H20N2O5S. The van der Waals surface area contributed by atoms with E-state index in [1.807, 2.05) is 0 Å². The quantitative estimate of drug-likeness (QED) is 0.559. The molecule has 0 radical (unpaired) electrons. The van der Waals surface area contributed by atoms with Gasteiger partial charge in [0.2, 0.25) is 0 Å². The zero-order chi connectivity index (χ0) is 21.7. The van der Waals surface area contributed by atoms with E-state index in [0.29, 0.717) is 17.0 Å². The van der Waals surface area contributed by atoms with E-state index >= 15 is 0 Å². The number of benzene rings is 3. The molecule has 0 atom stereocenters. The van der Waals surface area contributed by atoms with E-state index in [1.54, 1.807) is 54.6 Å². The average molecular weight is 424 g/mol. The number of anilines is 2. The van der Waals surface area contributed by atoms with Gasteiger partial charge in [-0.05, 0) is 61.5 Å². The van der Waals surface area contributed by atoms with Crippen LogP contribution in [0.5, 0.6) is 5.75 Å². The fraction of sp³-hybridized carbons (Fsp3) is 0.0909. The largest absolute Gasteiger partial charge is 0.497 e. The summed E-state index contributed by atoms with van der Waals surface area (Å²) in [6.07, 6.45) is 0. The van der Waals surface area contributed by atoms with Crippen LogP contribution in [0.3, 0.4) is 0 Å². The third-order valence-corrected chi connectivity index (χ3v) is 5.67. The summed E-state index contributed by atoms with van der Waals surface area (Å²) in [6, 6.07) is 18.7. The summed E-state index contributed by atoms with van der Waals surface area (Å²) in [5, 5.41) is 2.71. The van der Waals surface area contributed by atoms with Crippen molar-refractivity contribution in [3.63, 3.8) is 0 Å². The molecule has 0 saturated carbocycles. The number of rotatable bonds is 7. The molecule has 30 heavy (non-hydrogen) atoms. The standard InChI is InChI=1S/C22H20N2O5S/c1-15(25)16-5-3-7-18(13-16)23-22(26)17-6-4-8-19(14-17)24-30(27,28)21-11-9-20(29-2)10-12-21/h3-14,24H,1-2H3,(H,23,26). The summed E-state index contributed by atoms with van der Waals surface area (Å²) >= 11 is 0. The molecule has 3 rings (SSSR count). The molecule has 0 saturated heterocycles. The van der Waals surface area contributed by atoms with Crippen molar-refractivity contribution in [1.82, 2.24) is 0 Å². The second-order valence-electron chi connectivity index (χ2n) is 6.45. The van der Waals surface area contributed by atoms with Crippen molar-refractivity contribution in [3.8, 4) is 5.75 Å². The van der Waals surface area contributed by atoms with Crippen molar-refractivity contribution in [2.45, 2.75) is 11.8 Å². The zero-order valence-corrected chi connectivity index (χ0v) is 17.2. The number of Topliss-reactive ketones (excluding diaryl/α,β-unsaturated/α-hetero) is 1. The number of ketones is 1. The van der Waals surface area contributed by atoms with Gasteiger partial charge >= 0.3 is 0 Å². The molecule has 0 heterocycles. The molecule has 3 aromatic carbocycles. The molecule has 0 aromatic heterocycles. The van der Waals surface area contributed by atoms with Crippen LogP contribution in [0.2, 0.25) is 0 Å². The number of hydrogen-bond acceptors (Lipinski definition) is 5. The number of ether oxygens (including phenoxy) is 1. The average Bonchev–Trinajstić information content (AvgIpc) is 2.74. The predicted octanol–water partition coefficient (Wildman–Crippen LogP) is 3.95. The Bertz CT molecular complexity index is 1190. The number of nitrogens with one attached hydrogen (secondary N) is 2. The normalized spacial score (nSPS) is 10.9. The van der Waals surface area contributed by atoms with Crippen LogP contribution in [-0.2, 0) is 10.0 Å². The first-order valence-electron chi connectivity index (χ1n) is 8.98. The minimum absolute atomic E-state index is 0.0687. The lowest BCUT2D eigenvalue weighted by atomic mass is 10.1. The molecule has 0 bridgehead atoms. The van der Waals surface area contributed by atoms with Gasteiger partial charge in [-0.2, -0.15) is 0 Å². The predicted molar refractivity (Wildman–Crippen MR) is 115 cm³/mol. The Labute approximate surface area is 174 Å². The number of amides is 1. The minimum atomic E-state index is -3.83. The molecule has 3 aromatic rings. The maximum absolute atomic E-state index is 12.6. The van der Waals surface area contributed by atoms with Gasteiger partial charge in [-0.1, -0.05) is 18.2 Å². The summed E-state index contributed by atoms with van der Waals surface area (Å²) in [7, 11) is -2.33. The molecule has 0 aliphatic heterocycles. The molecular weight excluding hydrogens is 404 g/mol. The lowest BCUT2D eigenvalue weighted by Gasteiger charge is -2.11. The Hall–Kier alpha value is -3.65. The fourth-order valence-corrected chi connectivity index (χ4v) is 3.76. The highest BCUT2D eigenvalue weighted by atomic mass is 32.2. The molecule has 154 valence electrons. The van der Waals surface area contributed by atoms with Gasteiger partial charge in [-0.25, -0.2) is 8.42 Å². The Morgan fingerprint density at radius 1 is 0.833 bits per heavy atom. The monoisotopic (exact) mass is 424 g/mol. The lowest BCUT2D eigenvalue weighted by molar-refractivity contribution is 0.101. The van der Waals surface area contributed by atoms with Crippen molar-refractivity contribution >= 4 is 33.1 Å². The van der Waals surface area contributed by atoms with Crippen molar-refractivity contribution in [2.75, 3.05) is 17.1 Å². The summed E-state index contributed by atoms with van der Waals surface area (Å²) in [6.45, 7) is 1.44. The smallest absolute Gasteiger partial charge is 0.261 e. The second kappa shape index (κ2) is 8.79. The Kier molecular flexibility index (Phi) is 6.17. The molecule has 1 amide bonds. The molecule has 0 aliphatic rings. The van der Waals surface area contributed by atoms with E-state index in [1.165, 1.54) is 32.2 Å². The van der Waals surface area contributed by atoms with E-state index < -0.39 is 15.9 Å². The summed E-state index contributed by atoms with van der Waals surface area (Å²) in [5.74, 6) is 0.00342. The topological polar surface area (TPSA) is 102 Å². The van der Waals surface area contributed by atoms with Gasteiger partial charge in [0.05, 0.1) is 12.0 Å². The van der Waals surface area contributed by atoms with Gasteiger partial charge in [-0.3, -0.25) is 14.3 Å². The fourth-order valence-electron chi connectivity index (χ4n) is 2.71. The van der Waals surface area contributed by atoms with Crippen LogP contribution >= 0.6 is 0 Å². The highest BCUT2D eigenvalue weighted by molar-refractivity contribution is 7.92. The van der Waals surface area contributed by atoms with Gasteiger partial charge in [0.25, 0.3) is 15.9 Å². The first kappa shape index (κ1) is 21.1. The SMILES string of the molecule is COc1ccc(S(=O)(=O)Nc2cccc(C(=O)Nc3cccc(C(C)=O)c3)c2)cc1. The van der Waals surface area contributed by atoms with Crippen molar-refractivity contribution < 1.29 is 22.7 Å². The first-order valence-corrected chi connectivity index (χ1v) is 10.5. The van der Waals surface area contributed by atoms with Crippen LogP contribution in [-0.4, -0.2) is 27.2 Å². The highest BCUT2D eigenvalue weighted by Gasteiger charge is 2.15. The number of methoxy groups -OCH3 is 1. The molecule has 7 nitrogen and oxygen atoms in total. The molecule has 0 unspecified atom stereocenters. The molecule has 2 N–H and O–H groups in total. The molecule has 0 spiro atoms. The van der Waals surface area contributed by atoms with Crippen LogP contribution in [0.1, 0.15) is 27.6 Å². The third-order valence-electron chi connectivity index (χ3n) is 4.27. The summed E-state index contributed by atoms with van der Waals surface area (Å²) < 4.78 is 32.7. The van der Waals surface area contributed by atoms with Gasteiger partial charge in [0.15, 0.2) is 5.78 Å². The van der Waals surface area contributed by atoms with Crippen LogP contribution in [0.25, 0.3) is 0 Å². The van der Waals surface area contributed by atoms with E-state index in [-0.39, 0.29) is 21.9 Å². The molecule has 8 heteroatoms. The third kappa shape index (κ3) is 5.03. The van der Waals surface area contributed by atoms with Crippen molar-refractivity contribution in [2.24, 2.45) is 0 Å². The van der Waals surface area contributed by atoms with Gasteiger partial charge < -0.3 is 10.1 Å². The van der Waals surface area contributed by atoms with Crippen LogP contribution in [0.4, 0.5) is 11.4 Å². The van der Waals surface area contributed by atoms with Crippen LogP contribution in [0, 0.1) is 0 Å². The van der Waals surface area contributed by atoms with Gasteiger partial charge in [-0.15, -0.1) is 0 Å². The number of carbonyl (C=O) groups excluding carboxylic acids is 2. The zero-order valence-electron chi connectivity index (χ0n) is 16.4. The first-order chi connectivity index (χ1) is 14.3. The highest BCUT2D eigenvalue weighted by Crippen LogP contribution is 2.20. The van der Waals surface area contributed by atoms with Gasteiger partial charge in [0.1, 0.15) is 5.75 Å². The molecule has 0 fully saturated rings. The number of sulfonamides is 1. The maximum Gasteiger partial charge on any atom is 0.261 e. The van der Waals surface area contributed by atoms with Crippen LogP contribution in [0.15, 0.2) is 77.7 Å². The maximum atomic E-state index is 12.6. The Morgan fingerprint density at radius 2 is 1.43 bits per heavy atom. The Morgan fingerprint density at radius 3 is 2.07 bits per heavy atom. The van der Waals surface area contributed by atoms with E-state index in [4.69, 9.17) is 4.74 Å². The van der Waals surface area contributed by atoms with E-state index in [0.717, 1.165) is 0 Å². The van der Waals surface area contributed by atoms with Crippen molar-refractivity contribution in [1.29, 1.82) is 0 Å². The van der Waals surface area contributed by atoms with E-state index in [9.17, 15) is 18.0 Å². The summed E-state index contributed by atoms with van der Waals surface area (Å²) in [5.41, 5.74) is 1.46. The number of carbonyl (C=O) groups is 2. The van der Waals surface area contributed by atoms with E-state index in [2.05, 4.69) is 10.0 Å². The van der Waals surface area contributed by atoms with Gasteiger partial charge in [0, 0.05) is 22.5 Å². The number of hydrogen-bond donors (Lipinski definition) is 2. The Balaban J connectivity index is 1.77. The lowest BCUT2D eigenvalue weighted by Crippen LogP contribution is -2.15. The van der Waals surface area contributed by atoms with Crippen molar-refractivity contribution in [3.05, 3.63) is 83.9 Å².